The zero-order valence-electron chi connectivity index (χ0n) is 23.2. The summed E-state index contributed by atoms with van der Waals surface area (Å²) in [5.74, 6) is -2.55. The first-order valence-electron chi connectivity index (χ1n) is 13.2. The van der Waals surface area contributed by atoms with E-state index < -0.39 is 23.6 Å². The Morgan fingerprint density at radius 1 is 1.08 bits per heavy atom. The molecule has 4 atom stereocenters. The molecule has 0 radical (unpaired) electrons. The molecule has 2 heterocycles. The van der Waals surface area contributed by atoms with Gasteiger partial charge in [0.25, 0.3) is 0 Å². The highest BCUT2D eigenvalue weighted by molar-refractivity contribution is 5.87. The Labute approximate surface area is 219 Å². The third-order valence-electron chi connectivity index (χ3n) is 7.47. The van der Waals surface area contributed by atoms with Crippen molar-refractivity contribution in [3.8, 4) is 0 Å². The van der Waals surface area contributed by atoms with Crippen LogP contribution >= 0.6 is 0 Å². The zero-order valence-corrected chi connectivity index (χ0v) is 23.2. The van der Waals surface area contributed by atoms with E-state index in [4.69, 9.17) is 0 Å². The van der Waals surface area contributed by atoms with Crippen LogP contribution in [0.5, 0.6) is 0 Å². The van der Waals surface area contributed by atoms with E-state index in [1.165, 1.54) is 19.1 Å². The lowest BCUT2D eigenvalue weighted by molar-refractivity contribution is -0.147. The molecule has 0 bridgehead atoms. The first-order chi connectivity index (χ1) is 17.2. The topological polar surface area (TPSA) is 73.0 Å². The fourth-order valence-electron chi connectivity index (χ4n) is 5.60. The summed E-state index contributed by atoms with van der Waals surface area (Å²) in [5, 5.41) is 2.80. The van der Waals surface area contributed by atoms with Gasteiger partial charge < -0.3 is 15.1 Å². The van der Waals surface area contributed by atoms with Crippen molar-refractivity contribution in [3.05, 3.63) is 35.4 Å². The van der Waals surface area contributed by atoms with Crippen molar-refractivity contribution in [3.63, 3.8) is 0 Å². The highest BCUT2D eigenvalue weighted by atomic mass is 19.1. The van der Waals surface area contributed by atoms with Gasteiger partial charge in [0.2, 0.25) is 17.7 Å². The van der Waals surface area contributed by atoms with Crippen LogP contribution in [0.3, 0.4) is 0 Å². The number of carbonyl (C=O) groups is 3. The van der Waals surface area contributed by atoms with Crippen molar-refractivity contribution in [1.82, 2.24) is 20.0 Å². The third-order valence-corrected chi connectivity index (χ3v) is 7.47. The van der Waals surface area contributed by atoms with Crippen molar-refractivity contribution in [1.29, 1.82) is 0 Å². The Bertz CT molecular complexity index is 1010. The molecule has 7 nitrogen and oxygen atoms in total. The minimum absolute atomic E-state index is 0.0652. The van der Waals surface area contributed by atoms with E-state index in [2.05, 4.69) is 10.2 Å². The third kappa shape index (κ3) is 7.06. The van der Waals surface area contributed by atoms with Crippen LogP contribution in [-0.4, -0.2) is 83.3 Å². The summed E-state index contributed by atoms with van der Waals surface area (Å²) < 4.78 is 28.3. The molecule has 2 aliphatic heterocycles. The van der Waals surface area contributed by atoms with Gasteiger partial charge in [-0.2, -0.15) is 0 Å². The van der Waals surface area contributed by atoms with Gasteiger partial charge >= 0.3 is 0 Å². The van der Waals surface area contributed by atoms with Crippen LogP contribution in [0, 0.1) is 23.0 Å². The van der Waals surface area contributed by atoms with Gasteiger partial charge in [0, 0.05) is 63.7 Å². The summed E-state index contributed by atoms with van der Waals surface area (Å²) in [6, 6.07) is 2.91. The smallest absolute Gasteiger partial charge is 0.245 e. The number of hydrogen-bond acceptors (Lipinski definition) is 4. The quantitative estimate of drug-likeness (QED) is 0.624. The number of rotatable bonds is 6. The molecule has 206 valence electrons. The second-order valence-electron chi connectivity index (χ2n) is 12.1. The maximum absolute atomic E-state index is 14.8. The van der Waals surface area contributed by atoms with E-state index in [1.54, 1.807) is 9.80 Å². The summed E-state index contributed by atoms with van der Waals surface area (Å²) >= 11 is 0. The monoisotopic (exact) mass is 520 g/mol. The lowest BCUT2D eigenvalue weighted by Crippen LogP contribution is -2.60. The fraction of sp³-hybridized carbons (Fsp3) is 0.679. The van der Waals surface area contributed by atoms with Gasteiger partial charge in [0.1, 0.15) is 17.7 Å². The van der Waals surface area contributed by atoms with Crippen LogP contribution < -0.4 is 5.32 Å². The molecule has 37 heavy (non-hydrogen) atoms. The molecule has 1 aromatic rings. The average molecular weight is 521 g/mol. The van der Waals surface area contributed by atoms with Gasteiger partial charge in [-0.1, -0.05) is 26.8 Å². The summed E-state index contributed by atoms with van der Waals surface area (Å²) in [5.41, 5.74) is 0.214. The molecule has 9 heteroatoms. The van der Waals surface area contributed by atoms with Crippen molar-refractivity contribution >= 4 is 17.7 Å². The van der Waals surface area contributed by atoms with Crippen LogP contribution in [0.4, 0.5) is 8.78 Å². The number of hydrogen-bond donors (Lipinski definition) is 1. The van der Waals surface area contributed by atoms with Gasteiger partial charge in [-0.15, -0.1) is 0 Å². The normalized spacial score (nSPS) is 23.9. The Kier molecular flexibility index (Phi) is 8.98. The maximum Gasteiger partial charge on any atom is 0.245 e. The molecule has 2 fully saturated rings. The standard InChI is InChI=1S/C28H42F2N4O3/c1-17(2)33-15-22(21-9-8-20(29)12-24(21)30)23(16-33)26(36)34-11-10-32(14-18(34)3)27(37)25(31-19(4)35)13-28(5,6)7/h8-9,12,17-18,22-23,25H,10-11,13-16H2,1-7H3,(H,31,35)/t18-,22-,23+,25?/m0/s1. The number of likely N-dealkylation sites (tertiary alicyclic amines) is 1. The van der Waals surface area contributed by atoms with Gasteiger partial charge in [-0.25, -0.2) is 8.78 Å². The molecule has 1 N–H and O–H groups in total. The maximum atomic E-state index is 14.8. The van der Waals surface area contributed by atoms with E-state index in [9.17, 15) is 23.2 Å². The predicted octanol–water partition coefficient (Wildman–Crippen LogP) is 3.39. The Morgan fingerprint density at radius 3 is 2.30 bits per heavy atom. The summed E-state index contributed by atoms with van der Waals surface area (Å²) in [7, 11) is 0. The molecule has 2 aliphatic rings. The second-order valence-corrected chi connectivity index (χ2v) is 12.1. The first-order valence-corrected chi connectivity index (χ1v) is 13.2. The highest BCUT2D eigenvalue weighted by Crippen LogP contribution is 2.37. The summed E-state index contributed by atoms with van der Waals surface area (Å²) in [4.78, 5) is 44.6. The minimum atomic E-state index is -0.638. The number of nitrogens with one attached hydrogen (secondary N) is 1. The predicted molar refractivity (Wildman–Crippen MR) is 139 cm³/mol. The Hall–Kier alpha value is -2.55. The van der Waals surface area contributed by atoms with Gasteiger partial charge in [0.05, 0.1) is 5.92 Å². The molecule has 1 unspecified atom stereocenters. The van der Waals surface area contributed by atoms with E-state index in [1.807, 2.05) is 41.5 Å². The van der Waals surface area contributed by atoms with E-state index >= 15 is 0 Å². The lowest BCUT2D eigenvalue weighted by atomic mass is 9.86. The van der Waals surface area contributed by atoms with Crippen molar-refractivity contribution in [2.45, 2.75) is 78.9 Å². The highest BCUT2D eigenvalue weighted by Gasteiger charge is 2.44. The van der Waals surface area contributed by atoms with Crippen molar-refractivity contribution in [2.24, 2.45) is 11.3 Å². The number of halogens is 2. The molecule has 0 aliphatic carbocycles. The van der Waals surface area contributed by atoms with Crippen molar-refractivity contribution < 1.29 is 23.2 Å². The Balaban J connectivity index is 1.76. The molecule has 0 spiro atoms. The van der Waals surface area contributed by atoms with Crippen LogP contribution in [0.2, 0.25) is 0 Å². The van der Waals surface area contributed by atoms with E-state index in [-0.39, 0.29) is 41.1 Å². The number of amides is 3. The molecule has 3 rings (SSSR count). The largest absolute Gasteiger partial charge is 0.345 e. The number of piperazine rings is 1. The molecule has 3 amide bonds. The summed E-state index contributed by atoms with van der Waals surface area (Å²) in [6.45, 7) is 15.6. The first kappa shape index (κ1) is 29.0. The molecule has 0 aromatic heterocycles. The van der Waals surface area contributed by atoms with Gasteiger partial charge in [-0.3, -0.25) is 19.3 Å². The SMILES string of the molecule is CC(=O)NC(CC(C)(C)C)C(=O)N1CCN(C(=O)[C@@H]2CN(C(C)C)C[C@H]2c2ccc(F)cc2F)[C@@H](C)C1. The van der Waals surface area contributed by atoms with Crippen LogP contribution in [-0.2, 0) is 14.4 Å². The molecule has 1 aromatic carbocycles. The molecular weight excluding hydrogens is 478 g/mol. The molecule has 2 saturated heterocycles. The number of nitrogens with zero attached hydrogens (tertiary/aromatic N) is 3. The average Bonchev–Trinajstić information content (AvgIpc) is 3.22. The van der Waals surface area contributed by atoms with E-state index in [0.717, 1.165) is 6.07 Å². The molecule has 0 saturated carbocycles. The van der Waals surface area contributed by atoms with Crippen molar-refractivity contribution in [2.75, 3.05) is 32.7 Å². The van der Waals surface area contributed by atoms with E-state index in [0.29, 0.717) is 44.7 Å². The van der Waals surface area contributed by atoms with Gasteiger partial charge in [-0.05, 0) is 44.2 Å². The van der Waals surface area contributed by atoms with Gasteiger partial charge in [0.15, 0.2) is 0 Å². The number of carbonyl (C=O) groups excluding carboxylic acids is 3. The second kappa shape index (κ2) is 11.5. The number of benzene rings is 1. The fourth-order valence-corrected chi connectivity index (χ4v) is 5.60. The minimum Gasteiger partial charge on any atom is -0.345 e. The summed E-state index contributed by atoms with van der Waals surface area (Å²) in [6.07, 6.45) is 0.511. The zero-order chi connectivity index (χ0) is 27.7. The lowest BCUT2D eigenvalue weighted by Gasteiger charge is -2.42. The Morgan fingerprint density at radius 2 is 1.76 bits per heavy atom. The van der Waals surface area contributed by atoms with Crippen LogP contribution in [0.25, 0.3) is 0 Å². The van der Waals surface area contributed by atoms with Crippen LogP contribution in [0.15, 0.2) is 18.2 Å². The van der Waals surface area contributed by atoms with Crippen LogP contribution in [0.1, 0.15) is 66.4 Å². The molecular formula is C28H42F2N4O3.